The fraction of sp³-hybridized carbons (Fsp3) is 1.00. The molecule has 1 aliphatic rings. The van der Waals surface area contributed by atoms with Gasteiger partial charge in [-0.1, -0.05) is 20.3 Å². The fourth-order valence-electron chi connectivity index (χ4n) is 0.997. The van der Waals surface area contributed by atoms with Crippen LogP contribution in [0, 0.1) is 0 Å². The minimum absolute atomic E-state index is 0.616. The first kappa shape index (κ1) is 12.9. The zero-order valence-electron chi connectivity index (χ0n) is 9.34. The molecule has 0 radical (unpaired) electrons. The van der Waals surface area contributed by atoms with Crippen molar-refractivity contribution in [1.29, 1.82) is 0 Å². The number of rotatable bonds is 5. The molecule has 1 fully saturated rings. The molecular weight excluding hydrogens is 164 g/mol. The highest BCUT2D eigenvalue weighted by Crippen LogP contribution is 2.12. The topological polar surface area (TPSA) is 18.5 Å². The third-order valence-electron chi connectivity index (χ3n) is 2.10. The monoisotopic (exact) mass is 188 g/mol. The number of hydrogen-bond donors (Lipinski definition) is 0. The van der Waals surface area contributed by atoms with Crippen molar-refractivity contribution in [2.45, 2.75) is 52.6 Å². The van der Waals surface area contributed by atoms with Crippen molar-refractivity contribution >= 4 is 0 Å². The molecular formula is C11H24O2. The molecule has 2 heteroatoms. The van der Waals surface area contributed by atoms with Gasteiger partial charge in [-0.05, 0) is 26.2 Å². The number of hydrogen-bond acceptors (Lipinski definition) is 2. The zero-order valence-corrected chi connectivity index (χ0v) is 9.34. The Bertz CT molecular complexity index is 83.3. The normalized spacial score (nSPS) is 20.1. The van der Waals surface area contributed by atoms with Gasteiger partial charge in [-0.15, -0.1) is 0 Å². The van der Waals surface area contributed by atoms with Gasteiger partial charge in [-0.3, -0.25) is 0 Å². The molecule has 0 aromatic carbocycles. The predicted molar refractivity (Wildman–Crippen MR) is 56.0 cm³/mol. The van der Waals surface area contributed by atoms with Gasteiger partial charge < -0.3 is 9.47 Å². The van der Waals surface area contributed by atoms with E-state index in [0.717, 1.165) is 19.8 Å². The lowest BCUT2D eigenvalue weighted by molar-refractivity contribution is -0.0516. The quantitative estimate of drug-likeness (QED) is 0.617. The summed E-state index contributed by atoms with van der Waals surface area (Å²) in [5.74, 6) is 0. The maximum Gasteiger partial charge on any atom is 0.0594 e. The van der Waals surface area contributed by atoms with Gasteiger partial charge in [0.1, 0.15) is 0 Å². The van der Waals surface area contributed by atoms with Gasteiger partial charge in [-0.25, -0.2) is 0 Å². The smallest absolute Gasteiger partial charge is 0.0594 e. The summed E-state index contributed by atoms with van der Waals surface area (Å²) in [5, 5.41) is 0. The Morgan fingerprint density at radius 2 is 2.00 bits per heavy atom. The van der Waals surface area contributed by atoms with Crippen molar-refractivity contribution in [3.63, 3.8) is 0 Å². The zero-order chi connectivity index (χ0) is 9.94. The van der Waals surface area contributed by atoms with Crippen molar-refractivity contribution in [3.05, 3.63) is 0 Å². The van der Waals surface area contributed by atoms with Crippen LogP contribution in [0.2, 0.25) is 0 Å². The Labute approximate surface area is 82.6 Å². The van der Waals surface area contributed by atoms with Gasteiger partial charge in [0.05, 0.1) is 6.10 Å². The van der Waals surface area contributed by atoms with E-state index in [1.807, 2.05) is 6.92 Å². The molecule has 80 valence electrons. The first-order chi connectivity index (χ1) is 6.35. The number of ether oxygens (including phenoxy) is 2. The van der Waals surface area contributed by atoms with Crippen molar-refractivity contribution in [3.8, 4) is 0 Å². The molecule has 0 amide bonds. The summed E-state index contributed by atoms with van der Waals surface area (Å²) >= 11 is 0. The average Bonchev–Trinajstić information content (AvgIpc) is 2.05. The molecule has 0 aromatic rings. The Morgan fingerprint density at radius 3 is 2.23 bits per heavy atom. The summed E-state index contributed by atoms with van der Waals surface area (Å²) in [6, 6.07) is 0. The van der Waals surface area contributed by atoms with E-state index < -0.39 is 0 Å². The van der Waals surface area contributed by atoms with Crippen LogP contribution in [0.3, 0.4) is 0 Å². The molecule has 1 rings (SSSR count). The van der Waals surface area contributed by atoms with Crippen LogP contribution in [0.15, 0.2) is 0 Å². The molecule has 13 heavy (non-hydrogen) atoms. The van der Waals surface area contributed by atoms with Crippen LogP contribution in [0.5, 0.6) is 0 Å². The second-order valence-corrected chi connectivity index (χ2v) is 3.24. The van der Waals surface area contributed by atoms with E-state index in [1.165, 1.54) is 25.7 Å². The molecule has 0 spiro atoms. The summed E-state index contributed by atoms with van der Waals surface area (Å²) in [5.41, 5.74) is 0. The summed E-state index contributed by atoms with van der Waals surface area (Å²) < 4.78 is 10.2. The van der Waals surface area contributed by atoms with Gasteiger partial charge in [0, 0.05) is 19.8 Å². The Kier molecular flexibility index (Phi) is 9.94. The largest absolute Gasteiger partial charge is 0.382 e. The van der Waals surface area contributed by atoms with Crippen LogP contribution >= 0.6 is 0 Å². The van der Waals surface area contributed by atoms with E-state index in [0.29, 0.717) is 6.10 Å². The Balaban J connectivity index is 0.000000223. The van der Waals surface area contributed by atoms with Gasteiger partial charge in [0.15, 0.2) is 0 Å². The fourth-order valence-corrected chi connectivity index (χ4v) is 0.997. The van der Waals surface area contributed by atoms with E-state index in [9.17, 15) is 0 Å². The molecule has 0 aromatic heterocycles. The molecule has 1 heterocycles. The summed E-state index contributed by atoms with van der Waals surface area (Å²) in [6.45, 7) is 9.14. The Hall–Kier alpha value is -0.0800. The third kappa shape index (κ3) is 8.26. The molecule has 1 saturated heterocycles. The molecule has 0 bridgehead atoms. The van der Waals surface area contributed by atoms with E-state index >= 15 is 0 Å². The van der Waals surface area contributed by atoms with Crippen LogP contribution in [-0.4, -0.2) is 25.9 Å². The molecule has 1 unspecified atom stereocenters. The highest BCUT2D eigenvalue weighted by Gasteiger charge is 2.13. The Morgan fingerprint density at radius 1 is 1.31 bits per heavy atom. The molecule has 2 nitrogen and oxygen atoms in total. The third-order valence-corrected chi connectivity index (χ3v) is 2.10. The van der Waals surface area contributed by atoms with E-state index in [4.69, 9.17) is 9.47 Å². The minimum atomic E-state index is 0.616. The van der Waals surface area contributed by atoms with Gasteiger partial charge in [0.25, 0.3) is 0 Å². The van der Waals surface area contributed by atoms with E-state index in [1.54, 1.807) is 0 Å². The standard InChI is InChI=1S/C6H14O.C5H10O/c1-3-5-6-7-4-2;1-2-5-3-4-6-5/h3-6H2,1-2H3;5H,2-4H2,1H3. The highest BCUT2D eigenvalue weighted by molar-refractivity contribution is 4.62. The summed E-state index contributed by atoms with van der Waals surface area (Å²) in [4.78, 5) is 0. The highest BCUT2D eigenvalue weighted by atomic mass is 16.5. The average molecular weight is 188 g/mol. The van der Waals surface area contributed by atoms with E-state index in [-0.39, 0.29) is 0 Å². The van der Waals surface area contributed by atoms with Crippen LogP contribution in [-0.2, 0) is 9.47 Å². The van der Waals surface area contributed by atoms with Crippen LogP contribution in [0.25, 0.3) is 0 Å². The number of unbranched alkanes of at least 4 members (excludes halogenated alkanes) is 1. The maximum atomic E-state index is 5.08. The van der Waals surface area contributed by atoms with Crippen molar-refractivity contribution in [1.82, 2.24) is 0 Å². The van der Waals surface area contributed by atoms with Gasteiger partial charge in [0.2, 0.25) is 0 Å². The molecule has 0 saturated carbocycles. The SMILES string of the molecule is CCC1CCO1.CCCCOCC. The van der Waals surface area contributed by atoms with Gasteiger partial charge in [-0.2, -0.15) is 0 Å². The lowest BCUT2D eigenvalue weighted by Gasteiger charge is -2.24. The lowest BCUT2D eigenvalue weighted by Crippen LogP contribution is -2.25. The lowest BCUT2D eigenvalue weighted by atomic mass is 10.1. The van der Waals surface area contributed by atoms with Gasteiger partial charge >= 0.3 is 0 Å². The van der Waals surface area contributed by atoms with E-state index in [2.05, 4.69) is 13.8 Å². The minimum Gasteiger partial charge on any atom is -0.382 e. The summed E-state index contributed by atoms with van der Waals surface area (Å²) in [7, 11) is 0. The second-order valence-electron chi connectivity index (χ2n) is 3.24. The van der Waals surface area contributed by atoms with Crippen molar-refractivity contribution < 1.29 is 9.47 Å². The molecule has 0 N–H and O–H groups in total. The van der Waals surface area contributed by atoms with Crippen LogP contribution < -0.4 is 0 Å². The van der Waals surface area contributed by atoms with Crippen molar-refractivity contribution in [2.24, 2.45) is 0 Å². The van der Waals surface area contributed by atoms with Crippen LogP contribution in [0.4, 0.5) is 0 Å². The molecule has 1 atom stereocenters. The first-order valence-corrected chi connectivity index (χ1v) is 5.54. The summed E-state index contributed by atoms with van der Waals surface area (Å²) in [6.07, 6.45) is 5.54. The maximum absolute atomic E-state index is 5.08. The van der Waals surface area contributed by atoms with Crippen LogP contribution in [0.1, 0.15) is 46.5 Å². The molecule has 0 aliphatic carbocycles. The first-order valence-electron chi connectivity index (χ1n) is 5.54. The predicted octanol–water partition coefficient (Wildman–Crippen LogP) is 3.01. The second kappa shape index (κ2) is 10.0. The molecule has 1 aliphatic heterocycles. The van der Waals surface area contributed by atoms with Crippen molar-refractivity contribution in [2.75, 3.05) is 19.8 Å².